The molecule has 3 aromatic rings. The maximum Gasteiger partial charge on any atom is 0.339 e. The van der Waals surface area contributed by atoms with E-state index in [9.17, 15) is 9.90 Å². The summed E-state index contributed by atoms with van der Waals surface area (Å²) in [5, 5.41) is 9.50. The van der Waals surface area contributed by atoms with Crippen LogP contribution in [0, 0.1) is 0 Å². The predicted octanol–water partition coefficient (Wildman–Crippen LogP) is 4.62. The van der Waals surface area contributed by atoms with Crippen LogP contribution in [0.4, 0.5) is 17.2 Å². The Kier molecular flexibility index (Phi) is 6.50. The maximum atomic E-state index is 11.6. The summed E-state index contributed by atoms with van der Waals surface area (Å²) < 4.78 is 0. The minimum absolute atomic E-state index is 0.281. The summed E-state index contributed by atoms with van der Waals surface area (Å²) in [5.41, 5.74) is 5.79. The molecule has 6 heteroatoms. The van der Waals surface area contributed by atoms with E-state index in [0.717, 1.165) is 52.0 Å². The van der Waals surface area contributed by atoms with Gasteiger partial charge in [0.25, 0.3) is 0 Å². The van der Waals surface area contributed by atoms with Crippen LogP contribution in [0.3, 0.4) is 0 Å². The first-order valence-electron chi connectivity index (χ1n) is 12.2. The molecule has 2 aliphatic heterocycles. The van der Waals surface area contributed by atoms with Gasteiger partial charge in [0.2, 0.25) is 0 Å². The summed E-state index contributed by atoms with van der Waals surface area (Å²) in [6.07, 6.45) is 4.88. The number of aromatic nitrogens is 1. The summed E-state index contributed by atoms with van der Waals surface area (Å²) in [7, 11) is 0. The highest BCUT2D eigenvalue weighted by molar-refractivity contribution is 5.93. The molecule has 0 aliphatic carbocycles. The largest absolute Gasteiger partial charge is 0.478 e. The minimum atomic E-state index is -0.919. The van der Waals surface area contributed by atoms with Gasteiger partial charge in [-0.3, -0.25) is 4.90 Å². The van der Waals surface area contributed by atoms with Crippen molar-refractivity contribution in [1.29, 1.82) is 0 Å². The molecule has 1 saturated heterocycles. The fourth-order valence-corrected chi connectivity index (χ4v) is 5.29. The van der Waals surface area contributed by atoms with Gasteiger partial charge in [-0.05, 0) is 61.6 Å². The topological polar surface area (TPSA) is 59.9 Å². The Bertz CT molecular complexity index is 1110. The van der Waals surface area contributed by atoms with Crippen molar-refractivity contribution in [2.75, 3.05) is 42.5 Å². The standard InChI is InChI=1S/C28H32N4O2/c1-21(32-25-10-4-2-7-22(25)12-13-23-8-3-5-11-26(23)32)14-16-30-17-19-31(20-18-30)27-24(28(33)34)9-6-15-29-27/h2-11,15,21H,12-14,16-20H2,1H3,(H,33,34). The monoisotopic (exact) mass is 456 g/mol. The quantitative estimate of drug-likeness (QED) is 0.584. The normalized spacial score (nSPS) is 17.0. The molecule has 176 valence electrons. The molecule has 0 saturated carbocycles. The molecular weight excluding hydrogens is 424 g/mol. The molecule has 6 nitrogen and oxygen atoms in total. The van der Waals surface area contributed by atoms with Crippen molar-refractivity contribution in [3.63, 3.8) is 0 Å². The van der Waals surface area contributed by atoms with Gasteiger partial charge in [-0.25, -0.2) is 9.78 Å². The number of piperazine rings is 1. The summed E-state index contributed by atoms with van der Waals surface area (Å²) in [4.78, 5) is 23.1. The van der Waals surface area contributed by atoms with Crippen molar-refractivity contribution in [2.24, 2.45) is 0 Å². The molecule has 3 heterocycles. The molecule has 34 heavy (non-hydrogen) atoms. The van der Waals surface area contributed by atoms with E-state index in [2.05, 4.69) is 75.1 Å². The first-order chi connectivity index (χ1) is 16.6. The number of anilines is 3. The molecule has 5 rings (SSSR count). The second-order valence-electron chi connectivity index (χ2n) is 9.27. The maximum absolute atomic E-state index is 11.6. The van der Waals surface area contributed by atoms with Crippen molar-refractivity contribution in [2.45, 2.75) is 32.2 Å². The highest BCUT2D eigenvalue weighted by Gasteiger charge is 2.26. The van der Waals surface area contributed by atoms with Crippen molar-refractivity contribution in [3.8, 4) is 0 Å². The number of para-hydroxylation sites is 2. The van der Waals surface area contributed by atoms with E-state index in [1.54, 1.807) is 18.3 Å². The fraction of sp³-hybridized carbons (Fsp3) is 0.357. The van der Waals surface area contributed by atoms with Gasteiger partial charge in [0.05, 0.1) is 0 Å². The van der Waals surface area contributed by atoms with Crippen LogP contribution in [0.15, 0.2) is 66.9 Å². The van der Waals surface area contributed by atoms with Crippen LogP contribution in [0.2, 0.25) is 0 Å². The molecule has 0 amide bonds. The van der Waals surface area contributed by atoms with Crippen molar-refractivity contribution in [1.82, 2.24) is 9.88 Å². The predicted molar refractivity (Wildman–Crippen MR) is 136 cm³/mol. The van der Waals surface area contributed by atoms with E-state index >= 15 is 0 Å². The molecule has 1 fully saturated rings. The number of pyridine rings is 1. The average molecular weight is 457 g/mol. The van der Waals surface area contributed by atoms with Gasteiger partial charge in [0, 0.05) is 56.3 Å². The van der Waals surface area contributed by atoms with Crippen molar-refractivity contribution < 1.29 is 9.90 Å². The first kappa shape index (κ1) is 22.4. The number of carboxylic acids is 1. The number of rotatable bonds is 6. The zero-order valence-electron chi connectivity index (χ0n) is 19.7. The van der Waals surface area contributed by atoms with E-state index in [4.69, 9.17) is 0 Å². The lowest BCUT2D eigenvalue weighted by Gasteiger charge is -2.38. The van der Waals surface area contributed by atoms with E-state index in [1.807, 2.05) is 0 Å². The first-order valence-corrected chi connectivity index (χ1v) is 12.2. The molecule has 1 aromatic heterocycles. The molecule has 2 aliphatic rings. The lowest BCUT2D eigenvalue weighted by atomic mass is 10.0. The van der Waals surface area contributed by atoms with Crippen LogP contribution < -0.4 is 9.80 Å². The second-order valence-corrected chi connectivity index (χ2v) is 9.27. The Labute approximate surface area is 201 Å². The number of carboxylic acid groups (broad SMARTS) is 1. The molecule has 1 unspecified atom stereocenters. The minimum Gasteiger partial charge on any atom is -0.478 e. The van der Waals surface area contributed by atoms with Gasteiger partial charge < -0.3 is 14.9 Å². The van der Waals surface area contributed by atoms with Crippen LogP contribution in [0.1, 0.15) is 34.8 Å². The summed E-state index contributed by atoms with van der Waals surface area (Å²) in [6.45, 7) is 6.76. The Morgan fingerprint density at radius 2 is 1.53 bits per heavy atom. The molecule has 1 atom stereocenters. The average Bonchev–Trinajstić information content (AvgIpc) is 3.04. The Hall–Kier alpha value is -3.38. The zero-order chi connectivity index (χ0) is 23.5. The molecule has 0 spiro atoms. The Balaban J connectivity index is 1.26. The lowest BCUT2D eigenvalue weighted by molar-refractivity contribution is 0.0697. The molecule has 0 radical (unpaired) electrons. The summed E-state index contributed by atoms with van der Waals surface area (Å²) in [6, 6.07) is 21.3. The number of hydrogen-bond acceptors (Lipinski definition) is 5. The van der Waals surface area contributed by atoms with Crippen LogP contribution in [-0.2, 0) is 12.8 Å². The number of hydrogen-bond donors (Lipinski definition) is 1. The van der Waals surface area contributed by atoms with Gasteiger partial charge in [0.1, 0.15) is 11.4 Å². The van der Waals surface area contributed by atoms with Gasteiger partial charge in [0.15, 0.2) is 0 Å². The number of aromatic carboxylic acids is 1. The smallest absolute Gasteiger partial charge is 0.339 e. The lowest BCUT2D eigenvalue weighted by Crippen LogP contribution is -2.48. The number of benzene rings is 2. The summed E-state index contributed by atoms with van der Waals surface area (Å²) in [5.74, 6) is -0.335. The van der Waals surface area contributed by atoms with E-state index < -0.39 is 5.97 Å². The zero-order valence-corrected chi connectivity index (χ0v) is 19.7. The molecule has 2 aromatic carbocycles. The Morgan fingerprint density at radius 1 is 0.912 bits per heavy atom. The second kappa shape index (κ2) is 9.85. The molecular formula is C28H32N4O2. The third-order valence-electron chi connectivity index (χ3n) is 7.16. The van der Waals surface area contributed by atoms with E-state index in [1.165, 1.54) is 22.5 Å². The van der Waals surface area contributed by atoms with Gasteiger partial charge in [-0.1, -0.05) is 36.4 Å². The fourth-order valence-electron chi connectivity index (χ4n) is 5.29. The number of nitrogens with zero attached hydrogens (tertiary/aromatic N) is 4. The number of fused-ring (bicyclic) bond motifs is 2. The molecule has 1 N–H and O–H groups in total. The molecule has 0 bridgehead atoms. The highest BCUT2D eigenvalue weighted by atomic mass is 16.4. The number of aryl methyl sites for hydroxylation is 2. The van der Waals surface area contributed by atoms with E-state index in [0.29, 0.717) is 11.9 Å². The third-order valence-corrected chi connectivity index (χ3v) is 7.16. The van der Waals surface area contributed by atoms with Crippen molar-refractivity contribution >= 4 is 23.2 Å². The van der Waals surface area contributed by atoms with Crippen LogP contribution in [0.25, 0.3) is 0 Å². The van der Waals surface area contributed by atoms with Crippen LogP contribution in [-0.4, -0.2) is 59.7 Å². The van der Waals surface area contributed by atoms with Gasteiger partial charge >= 0.3 is 5.97 Å². The van der Waals surface area contributed by atoms with Crippen molar-refractivity contribution in [3.05, 3.63) is 83.6 Å². The SMILES string of the molecule is CC(CCN1CCN(c2ncccc2C(=O)O)CC1)N1c2ccccc2CCc2ccccc21. The van der Waals surface area contributed by atoms with E-state index in [-0.39, 0.29) is 5.56 Å². The van der Waals surface area contributed by atoms with Crippen LogP contribution in [0.5, 0.6) is 0 Å². The van der Waals surface area contributed by atoms with Gasteiger partial charge in [-0.15, -0.1) is 0 Å². The highest BCUT2D eigenvalue weighted by Crippen LogP contribution is 2.38. The number of carbonyl (C=O) groups is 1. The third kappa shape index (κ3) is 4.50. The van der Waals surface area contributed by atoms with Crippen LogP contribution >= 0.6 is 0 Å². The van der Waals surface area contributed by atoms with Gasteiger partial charge in [-0.2, -0.15) is 0 Å². The summed E-state index contributed by atoms with van der Waals surface area (Å²) >= 11 is 0. The Morgan fingerprint density at radius 3 is 2.15 bits per heavy atom.